The Kier molecular flexibility index (Phi) is 4.27. The van der Waals surface area contributed by atoms with Crippen LogP contribution in [0.1, 0.15) is 32.0 Å². The predicted molar refractivity (Wildman–Crippen MR) is 70.7 cm³/mol. The molecule has 6 heteroatoms. The monoisotopic (exact) mass is 273 g/mol. The van der Waals surface area contributed by atoms with Crippen LogP contribution in [0.5, 0.6) is 0 Å². The van der Waals surface area contributed by atoms with Crippen molar-refractivity contribution in [2.45, 2.75) is 39.8 Å². The number of carbonyl (C=O) groups excluding carboxylic acids is 1. The molecule has 0 spiro atoms. The van der Waals surface area contributed by atoms with E-state index in [9.17, 15) is 4.79 Å². The van der Waals surface area contributed by atoms with Gasteiger partial charge in [-0.05, 0) is 27.7 Å². The smallest absolute Gasteiger partial charge is 0.410 e. The summed E-state index contributed by atoms with van der Waals surface area (Å²) in [5, 5.41) is 4.75. The molecule has 0 aliphatic carbocycles. The first-order valence-electron chi connectivity index (χ1n) is 5.74. The molecule has 0 N–H and O–H groups in total. The van der Waals surface area contributed by atoms with E-state index in [2.05, 4.69) is 5.10 Å². The second-order valence-corrected chi connectivity index (χ2v) is 5.67. The maximum Gasteiger partial charge on any atom is 0.410 e. The van der Waals surface area contributed by atoms with Crippen LogP contribution in [-0.2, 0) is 18.3 Å². The molecular formula is C12H20ClN3O2. The molecule has 0 aromatic carbocycles. The third-order valence-electron chi connectivity index (χ3n) is 2.37. The fourth-order valence-electron chi connectivity index (χ4n) is 1.50. The summed E-state index contributed by atoms with van der Waals surface area (Å²) in [4.78, 5) is 13.3. The molecular weight excluding hydrogens is 254 g/mol. The van der Waals surface area contributed by atoms with Crippen LogP contribution in [0, 0.1) is 6.92 Å². The Morgan fingerprint density at radius 1 is 1.50 bits per heavy atom. The minimum Gasteiger partial charge on any atom is -0.444 e. The van der Waals surface area contributed by atoms with Gasteiger partial charge in [0.1, 0.15) is 10.8 Å². The standard InChI is InChI=1S/C12H20ClN3O2/c1-8-9(10(13)16(6)14-8)7-15(5)11(17)18-12(2,3)4/h7H2,1-6H3. The Morgan fingerprint density at radius 2 is 2.06 bits per heavy atom. The first-order chi connectivity index (χ1) is 8.11. The van der Waals surface area contributed by atoms with Crippen LogP contribution < -0.4 is 0 Å². The lowest BCUT2D eigenvalue weighted by Gasteiger charge is -2.24. The first-order valence-corrected chi connectivity index (χ1v) is 6.11. The Hall–Kier alpha value is -1.23. The highest BCUT2D eigenvalue weighted by Gasteiger charge is 2.21. The maximum absolute atomic E-state index is 11.8. The molecule has 1 aromatic heterocycles. The molecule has 0 radical (unpaired) electrons. The van der Waals surface area contributed by atoms with Gasteiger partial charge in [-0.15, -0.1) is 0 Å². The second-order valence-electron chi connectivity index (χ2n) is 5.31. The summed E-state index contributed by atoms with van der Waals surface area (Å²) < 4.78 is 6.87. The molecule has 0 saturated heterocycles. The number of ether oxygens (including phenoxy) is 1. The molecule has 5 nitrogen and oxygen atoms in total. The summed E-state index contributed by atoms with van der Waals surface area (Å²) in [6, 6.07) is 0. The van der Waals surface area contributed by atoms with Gasteiger partial charge in [-0.3, -0.25) is 4.68 Å². The lowest BCUT2D eigenvalue weighted by molar-refractivity contribution is 0.0285. The molecule has 0 bridgehead atoms. The number of nitrogens with zero attached hydrogens (tertiary/aromatic N) is 3. The summed E-state index contributed by atoms with van der Waals surface area (Å²) in [6.45, 7) is 7.75. The zero-order valence-corrected chi connectivity index (χ0v) is 12.5. The van der Waals surface area contributed by atoms with Crippen LogP contribution in [-0.4, -0.2) is 33.4 Å². The molecule has 1 amide bonds. The third kappa shape index (κ3) is 3.63. The minimum atomic E-state index is -0.501. The highest BCUT2D eigenvalue weighted by molar-refractivity contribution is 6.30. The van der Waals surface area contributed by atoms with Crippen LogP contribution in [0.4, 0.5) is 4.79 Å². The fourth-order valence-corrected chi connectivity index (χ4v) is 1.73. The average molecular weight is 274 g/mol. The molecule has 1 rings (SSSR count). The highest BCUT2D eigenvalue weighted by Crippen LogP contribution is 2.20. The van der Waals surface area contributed by atoms with Gasteiger partial charge >= 0.3 is 6.09 Å². The SMILES string of the molecule is Cc1nn(C)c(Cl)c1CN(C)C(=O)OC(C)(C)C. The van der Waals surface area contributed by atoms with Crippen molar-refractivity contribution in [3.05, 3.63) is 16.4 Å². The second kappa shape index (κ2) is 5.18. The van der Waals surface area contributed by atoms with E-state index >= 15 is 0 Å². The summed E-state index contributed by atoms with van der Waals surface area (Å²) in [5.41, 5.74) is 1.16. The van der Waals surface area contributed by atoms with Crippen molar-refractivity contribution in [3.63, 3.8) is 0 Å². The Labute approximate surface area is 113 Å². The van der Waals surface area contributed by atoms with Crippen molar-refractivity contribution < 1.29 is 9.53 Å². The van der Waals surface area contributed by atoms with E-state index < -0.39 is 5.60 Å². The van der Waals surface area contributed by atoms with Gasteiger partial charge in [-0.2, -0.15) is 5.10 Å². The zero-order chi connectivity index (χ0) is 14.1. The molecule has 0 aliphatic rings. The van der Waals surface area contributed by atoms with Crippen molar-refractivity contribution in [3.8, 4) is 0 Å². The van der Waals surface area contributed by atoms with Crippen molar-refractivity contribution in [2.24, 2.45) is 7.05 Å². The van der Waals surface area contributed by atoms with Crippen LogP contribution in [0.25, 0.3) is 0 Å². The predicted octanol–water partition coefficient (Wildman–Crippen LogP) is 2.75. The van der Waals surface area contributed by atoms with Crippen molar-refractivity contribution in [2.75, 3.05) is 7.05 Å². The molecule has 0 unspecified atom stereocenters. The van der Waals surface area contributed by atoms with E-state index in [0.717, 1.165) is 11.3 Å². The molecule has 1 aromatic rings. The Bertz CT molecular complexity index is 449. The highest BCUT2D eigenvalue weighted by atomic mass is 35.5. The van der Waals surface area contributed by atoms with E-state index in [1.54, 1.807) is 18.8 Å². The van der Waals surface area contributed by atoms with E-state index in [0.29, 0.717) is 11.7 Å². The number of aromatic nitrogens is 2. The van der Waals surface area contributed by atoms with Crippen molar-refractivity contribution in [1.82, 2.24) is 14.7 Å². The summed E-state index contributed by atoms with van der Waals surface area (Å²) in [6.07, 6.45) is -0.373. The lowest BCUT2D eigenvalue weighted by atomic mass is 10.2. The normalized spacial score (nSPS) is 11.5. The third-order valence-corrected chi connectivity index (χ3v) is 2.84. The molecule has 0 fully saturated rings. The van der Waals surface area contributed by atoms with Gasteiger partial charge in [-0.1, -0.05) is 11.6 Å². The number of halogens is 1. The summed E-state index contributed by atoms with van der Waals surface area (Å²) in [7, 11) is 3.45. The van der Waals surface area contributed by atoms with Crippen LogP contribution in [0.2, 0.25) is 5.15 Å². The zero-order valence-electron chi connectivity index (χ0n) is 11.7. The van der Waals surface area contributed by atoms with Crippen LogP contribution in [0.15, 0.2) is 0 Å². The largest absolute Gasteiger partial charge is 0.444 e. The molecule has 102 valence electrons. The molecule has 0 atom stereocenters. The maximum atomic E-state index is 11.8. The van der Waals surface area contributed by atoms with Gasteiger partial charge in [0.15, 0.2) is 0 Å². The van der Waals surface area contributed by atoms with E-state index in [4.69, 9.17) is 16.3 Å². The number of aryl methyl sites for hydroxylation is 2. The quantitative estimate of drug-likeness (QED) is 0.832. The Morgan fingerprint density at radius 3 is 2.44 bits per heavy atom. The summed E-state index contributed by atoms with van der Waals surface area (Å²) >= 11 is 6.12. The van der Waals surface area contributed by atoms with Gasteiger partial charge in [0, 0.05) is 19.7 Å². The lowest BCUT2D eigenvalue weighted by Crippen LogP contribution is -2.33. The molecule has 0 aliphatic heterocycles. The Balaban J connectivity index is 2.76. The van der Waals surface area contributed by atoms with Crippen molar-refractivity contribution in [1.29, 1.82) is 0 Å². The molecule has 1 heterocycles. The van der Waals surface area contributed by atoms with E-state index in [-0.39, 0.29) is 6.09 Å². The van der Waals surface area contributed by atoms with Crippen molar-refractivity contribution >= 4 is 17.7 Å². The number of amides is 1. The number of hydrogen-bond donors (Lipinski definition) is 0. The number of hydrogen-bond acceptors (Lipinski definition) is 3. The van der Waals surface area contributed by atoms with Crippen LogP contribution in [0.3, 0.4) is 0 Å². The minimum absolute atomic E-state index is 0.373. The number of carbonyl (C=O) groups is 1. The van der Waals surface area contributed by atoms with Gasteiger partial charge in [0.25, 0.3) is 0 Å². The van der Waals surface area contributed by atoms with Gasteiger partial charge in [0.05, 0.1) is 12.2 Å². The molecule has 18 heavy (non-hydrogen) atoms. The van der Waals surface area contributed by atoms with Crippen LogP contribution >= 0.6 is 11.6 Å². The van der Waals surface area contributed by atoms with Gasteiger partial charge in [-0.25, -0.2) is 4.79 Å². The first kappa shape index (κ1) is 14.8. The van der Waals surface area contributed by atoms with Gasteiger partial charge in [0.2, 0.25) is 0 Å². The fraction of sp³-hybridized carbons (Fsp3) is 0.667. The number of rotatable bonds is 2. The van der Waals surface area contributed by atoms with E-state index in [1.165, 1.54) is 4.90 Å². The topological polar surface area (TPSA) is 47.4 Å². The average Bonchev–Trinajstić information content (AvgIpc) is 2.42. The summed E-state index contributed by atoms with van der Waals surface area (Å²) in [5.74, 6) is 0. The molecule has 0 saturated carbocycles. The van der Waals surface area contributed by atoms with E-state index in [1.807, 2.05) is 27.7 Å². The van der Waals surface area contributed by atoms with Gasteiger partial charge < -0.3 is 9.64 Å².